The molecule has 0 saturated carbocycles. The number of ether oxygens (including phenoxy) is 1. The highest BCUT2D eigenvalue weighted by Gasteiger charge is 2.27. The Kier molecular flexibility index (Phi) is 5.74. The van der Waals surface area contributed by atoms with Gasteiger partial charge >= 0.3 is 5.97 Å². The van der Waals surface area contributed by atoms with Crippen LogP contribution in [0.25, 0.3) is 5.69 Å². The van der Waals surface area contributed by atoms with Gasteiger partial charge in [-0.2, -0.15) is 9.40 Å². The molecule has 0 N–H and O–H groups in total. The van der Waals surface area contributed by atoms with E-state index in [4.69, 9.17) is 0 Å². The number of aromatic nitrogens is 2. The smallest absolute Gasteiger partial charge is 0.321 e. The van der Waals surface area contributed by atoms with Crippen molar-refractivity contribution in [3.05, 3.63) is 42.2 Å². The Morgan fingerprint density at radius 2 is 1.96 bits per heavy atom. The molecule has 24 heavy (non-hydrogen) atoms. The standard InChI is InChI=1S/C16H21N3O4S/c1-4-9-18(12-16(20)23-3)24(21,22)15-10-17-19(11-15)14-7-5-13(2)6-8-14/h5-8,10-11H,4,9,12H2,1-3H3. The summed E-state index contributed by atoms with van der Waals surface area (Å²) >= 11 is 0. The third-order valence-electron chi connectivity index (χ3n) is 3.50. The number of sulfonamides is 1. The summed E-state index contributed by atoms with van der Waals surface area (Å²) in [5.41, 5.74) is 1.86. The molecule has 0 amide bonds. The zero-order valence-corrected chi connectivity index (χ0v) is 14.8. The van der Waals surface area contributed by atoms with Gasteiger partial charge in [-0.05, 0) is 25.5 Å². The van der Waals surface area contributed by atoms with Gasteiger partial charge in [-0.25, -0.2) is 13.1 Å². The first-order valence-corrected chi connectivity index (χ1v) is 9.01. The molecule has 2 rings (SSSR count). The van der Waals surface area contributed by atoms with Crippen LogP contribution in [0.4, 0.5) is 0 Å². The quantitative estimate of drug-likeness (QED) is 0.710. The number of aryl methyl sites for hydroxylation is 1. The van der Waals surface area contributed by atoms with Crippen molar-refractivity contribution in [2.45, 2.75) is 25.2 Å². The largest absolute Gasteiger partial charge is 0.468 e. The molecule has 0 aliphatic rings. The molecule has 0 unspecified atom stereocenters. The van der Waals surface area contributed by atoms with Gasteiger partial charge < -0.3 is 4.74 Å². The van der Waals surface area contributed by atoms with Gasteiger partial charge in [0.1, 0.15) is 11.4 Å². The molecule has 1 aromatic carbocycles. The average molecular weight is 351 g/mol. The lowest BCUT2D eigenvalue weighted by Crippen LogP contribution is -2.36. The van der Waals surface area contributed by atoms with Gasteiger partial charge in [-0.3, -0.25) is 4.79 Å². The Bertz CT molecular complexity index is 797. The number of benzene rings is 1. The van der Waals surface area contributed by atoms with Crippen molar-refractivity contribution in [3.63, 3.8) is 0 Å². The zero-order chi connectivity index (χ0) is 17.7. The third kappa shape index (κ3) is 4.01. The molecule has 1 aromatic heterocycles. The fourth-order valence-electron chi connectivity index (χ4n) is 2.17. The number of methoxy groups -OCH3 is 1. The molecule has 2 aromatic rings. The summed E-state index contributed by atoms with van der Waals surface area (Å²) < 4.78 is 32.7. The summed E-state index contributed by atoms with van der Waals surface area (Å²) in [5.74, 6) is -0.599. The van der Waals surface area contributed by atoms with Crippen molar-refractivity contribution < 1.29 is 17.9 Å². The summed E-state index contributed by atoms with van der Waals surface area (Å²) in [7, 11) is -2.58. The predicted molar refractivity (Wildman–Crippen MR) is 89.4 cm³/mol. The van der Waals surface area contributed by atoms with Crippen LogP contribution in [0.5, 0.6) is 0 Å². The Balaban J connectivity index is 2.31. The van der Waals surface area contributed by atoms with Gasteiger partial charge in [0.15, 0.2) is 0 Å². The number of hydrogen-bond acceptors (Lipinski definition) is 5. The van der Waals surface area contributed by atoms with E-state index in [2.05, 4.69) is 9.84 Å². The van der Waals surface area contributed by atoms with Crippen molar-refractivity contribution in [1.82, 2.24) is 14.1 Å². The minimum atomic E-state index is -3.81. The molecule has 0 atom stereocenters. The van der Waals surface area contributed by atoms with Crippen LogP contribution in [0, 0.1) is 6.92 Å². The highest BCUT2D eigenvalue weighted by Crippen LogP contribution is 2.18. The molecule has 0 fully saturated rings. The number of carbonyl (C=O) groups is 1. The van der Waals surface area contributed by atoms with E-state index in [1.54, 1.807) is 0 Å². The molecule has 130 valence electrons. The van der Waals surface area contributed by atoms with Crippen LogP contribution >= 0.6 is 0 Å². The fraction of sp³-hybridized carbons (Fsp3) is 0.375. The molecule has 1 heterocycles. The lowest BCUT2D eigenvalue weighted by Gasteiger charge is -2.19. The van der Waals surface area contributed by atoms with Crippen molar-refractivity contribution >= 4 is 16.0 Å². The van der Waals surface area contributed by atoms with Gasteiger partial charge in [0, 0.05) is 6.54 Å². The van der Waals surface area contributed by atoms with Gasteiger partial charge in [-0.1, -0.05) is 24.6 Å². The first-order chi connectivity index (χ1) is 11.4. The van der Waals surface area contributed by atoms with Crippen LogP contribution in [0.1, 0.15) is 18.9 Å². The number of hydrogen-bond donors (Lipinski definition) is 0. The highest BCUT2D eigenvalue weighted by molar-refractivity contribution is 7.89. The van der Waals surface area contributed by atoms with E-state index >= 15 is 0 Å². The third-order valence-corrected chi connectivity index (χ3v) is 5.30. The molecule has 0 spiro atoms. The second kappa shape index (κ2) is 7.59. The molecule has 0 radical (unpaired) electrons. The van der Waals surface area contributed by atoms with Gasteiger partial charge in [-0.15, -0.1) is 0 Å². The Morgan fingerprint density at radius 3 is 2.54 bits per heavy atom. The van der Waals surface area contributed by atoms with E-state index in [0.29, 0.717) is 6.42 Å². The number of esters is 1. The van der Waals surface area contributed by atoms with Gasteiger partial charge in [0.05, 0.1) is 25.2 Å². The van der Waals surface area contributed by atoms with E-state index < -0.39 is 16.0 Å². The minimum Gasteiger partial charge on any atom is -0.468 e. The lowest BCUT2D eigenvalue weighted by atomic mass is 10.2. The summed E-state index contributed by atoms with van der Waals surface area (Å²) in [6, 6.07) is 7.56. The zero-order valence-electron chi connectivity index (χ0n) is 14.0. The minimum absolute atomic E-state index is 0.0421. The Hall–Kier alpha value is -2.19. The maximum atomic E-state index is 12.7. The lowest BCUT2D eigenvalue weighted by molar-refractivity contribution is -0.140. The SMILES string of the molecule is CCCN(CC(=O)OC)S(=O)(=O)c1cnn(-c2ccc(C)cc2)c1. The van der Waals surface area contributed by atoms with Crippen LogP contribution in [-0.2, 0) is 19.6 Å². The second-order valence-electron chi connectivity index (χ2n) is 5.37. The van der Waals surface area contributed by atoms with E-state index in [9.17, 15) is 13.2 Å². The average Bonchev–Trinajstić information content (AvgIpc) is 3.05. The molecule has 8 heteroatoms. The summed E-state index contributed by atoms with van der Waals surface area (Å²) in [6.07, 6.45) is 3.32. The molecule has 7 nitrogen and oxygen atoms in total. The van der Waals surface area contributed by atoms with E-state index in [-0.39, 0.29) is 18.0 Å². The van der Waals surface area contributed by atoms with E-state index in [1.165, 1.54) is 24.2 Å². The van der Waals surface area contributed by atoms with Crippen molar-refractivity contribution in [2.75, 3.05) is 20.2 Å². The second-order valence-corrected chi connectivity index (χ2v) is 7.31. The molecule has 0 bridgehead atoms. The molecular formula is C16H21N3O4S. The molecular weight excluding hydrogens is 330 g/mol. The van der Waals surface area contributed by atoms with Crippen LogP contribution in [0.15, 0.2) is 41.6 Å². The number of carbonyl (C=O) groups excluding carboxylic acids is 1. The Morgan fingerprint density at radius 1 is 1.29 bits per heavy atom. The monoisotopic (exact) mass is 351 g/mol. The van der Waals surface area contributed by atoms with Crippen LogP contribution in [0.3, 0.4) is 0 Å². The predicted octanol–water partition coefficient (Wildman–Crippen LogP) is 1.75. The summed E-state index contributed by atoms with van der Waals surface area (Å²) in [5, 5.41) is 4.12. The fourth-order valence-corrected chi connectivity index (χ4v) is 3.58. The highest BCUT2D eigenvalue weighted by atomic mass is 32.2. The van der Waals surface area contributed by atoms with Gasteiger partial charge in [0.25, 0.3) is 0 Å². The van der Waals surface area contributed by atoms with Crippen LogP contribution in [-0.4, -0.2) is 48.7 Å². The van der Waals surface area contributed by atoms with Crippen LogP contribution < -0.4 is 0 Å². The van der Waals surface area contributed by atoms with Crippen molar-refractivity contribution in [3.8, 4) is 5.69 Å². The molecule has 0 aliphatic heterocycles. The normalized spacial score (nSPS) is 11.7. The number of nitrogens with zero attached hydrogens (tertiary/aromatic N) is 3. The number of rotatable bonds is 7. The molecule has 0 aliphatic carbocycles. The van der Waals surface area contributed by atoms with Crippen molar-refractivity contribution in [1.29, 1.82) is 0 Å². The van der Waals surface area contributed by atoms with Gasteiger partial charge in [0.2, 0.25) is 10.0 Å². The first-order valence-electron chi connectivity index (χ1n) is 7.57. The first kappa shape index (κ1) is 18.2. The summed E-state index contributed by atoms with van der Waals surface area (Å²) in [4.78, 5) is 11.5. The summed E-state index contributed by atoms with van der Waals surface area (Å²) in [6.45, 7) is 3.73. The van der Waals surface area contributed by atoms with Crippen LogP contribution in [0.2, 0.25) is 0 Å². The Labute approximate surface area is 141 Å². The van der Waals surface area contributed by atoms with E-state index in [1.807, 2.05) is 38.1 Å². The van der Waals surface area contributed by atoms with Crippen molar-refractivity contribution in [2.24, 2.45) is 0 Å². The maximum absolute atomic E-state index is 12.7. The van der Waals surface area contributed by atoms with E-state index in [0.717, 1.165) is 15.6 Å². The maximum Gasteiger partial charge on any atom is 0.321 e. The molecule has 0 saturated heterocycles. The topological polar surface area (TPSA) is 81.5 Å².